The zero-order valence-electron chi connectivity index (χ0n) is 14.2. The lowest BCUT2D eigenvalue weighted by Gasteiger charge is -2.35. The highest BCUT2D eigenvalue weighted by molar-refractivity contribution is 7.89. The van der Waals surface area contributed by atoms with Crippen molar-refractivity contribution in [3.63, 3.8) is 0 Å². The van der Waals surface area contributed by atoms with Gasteiger partial charge in [0, 0.05) is 19.1 Å². The second kappa shape index (κ2) is 7.50. The van der Waals surface area contributed by atoms with Gasteiger partial charge in [0.2, 0.25) is 10.0 Å². The minimum Gasteiger partial charge on any atom is -0.497 e. The molecule has 1 heterocycles. The van der Waals surface area contributed by atoms with Gasteiger partial charge in [0.05, 0.1) is 18.6 Å². The molecule has 1 aromatic rings. The summed E-state index contributed by atoms with van der Waals surface area (Å²) >= 11 is 0. The summed E-state index contributed by atoms with van der Waals surface area (Å²) in [5, 5.41) is 8.86. The number of methoxy groups -OCH3 is 1. The van der Waals surface area contributed by atoms with E-state index in [-0.39, 0.29) is 12.6 Å². The molecule has 1 aliphatic heterocycles. The standard InChI is InChI=1S/C16H24N2O5S/c1-12-10-14(23-3)4-5-15(12)24(21,22)18-8-6-13(7-9-18)17(2)11-16(19)20/h4-5,10,13H,6-9,11H2,1-3H3,(H,19,20). The second-order valence-electron chi connectivity index (χ2n) is 6.08. The molecule has 1 aromatic carbocycles. The summed E-state index contributed by atoms with van der Waals surface area (Å²) in [5.41, 5.74) is 0.652. The van der Waals surface area contributed by atoms with E-state index in [0.29, 0.717) is 42.1 Å². The maximum atomic E-state index is 12.8. The third kappa shape index (κ3) is 4.06. The number of carboxylic acids is 1. The topological polar surface area (TPSA) is 87.2 Å². The highest BCUT2D eigenvalue weighted by atomic mass is 32.2. The Kier molecular flexibility index (Phi) is 5.84. The van der Waals surface area contributed by atoms with E-state index in [2.05, 4.69) is 0 Å². The Morgan fingerprint density at radius 1 is 1.38 bits per heavy atom. The molecule has 0 amide bonds. The first-order valence-electron chi connectivity index (χ1n) is 7.82. The molecule has 0 unspecified atom stereocenters. The number of nitrogens with zero attached hydrogens (tertiary/aromatic N) is 2. The zero-order chi connectivity index (χ0) is 17.9. The average Bonchev–Trinajstić information content (AvgIpc) is 2.53. The van der Waals surface area contributed by atoms with Crippen LogP contribution in [0.5, 0.6) is 5.75 Å². The van der Waals surface area contributed by atoms with Crippen LogP contribution in [-0.4, -0.2) is 68.5 Å². The lowest BCUT2D eigenvalue weighted by atomic mass is 10.1. The maximum Gasteiger partial charge on any atom is 0.317 e. The van der Waals surface area contributed by atoms with Crippen LogP contribution in [0.25, 0.3) is 0 Å². The number of ether oxygens (including phenoxy) is 1. The molecule has 8 heteroatoms. The van der Waals surface area contributed by atoms with Crippen molar-refractivity contribution in [3.05, 3.63) is 23.8 Å². The van der Waals surface area contributed by atoms with E-state index in [1.54, 1.807) is 44.2 Å². The van der Waals surface area contributed by atoms with Gasteiger partial charge in [-0.15, -0.1) is 0 Å². The van der Waals surface area contributed by atoms with E-state index < -0.39 is 16.0 Å². The number of aliphatic carboxylic acids is 1. The fourth-order valence-electron chi connectivity index (χ4n) is 3.04. The van der Waals surface area contributed by atoms with Gasteiger partial charge in [-0.05, 0) is 50.6 Å². The van der Waals surface area contributed by atoms with Crippen molar-refractivity contribution < 1.29 is 23.1 Å². The van der Waals surface area contributed by atoms with Crippen molar-refractivity contribution in [2.24, 2.45) is 0 Å². The molecule has 1 aliphatic rings. The van der Waals surface area contributed by atoms with Gasteiger partial charge in [0.15, 0.2) is 0 Å². The highest BCUT2D eigenvalue weighted by Crippen LogP contribution is 2.27. The van der Waals surface area contributed by atoms with Gasteiger partial charge in [0.25, 0.3) is 0 Å². The molecule has 1 fully saturated rings. The summed E-state index contributed by atoms with van der Waals surface area (Å²) in [4.78, 5) is 12.9. The Morgan fingerprint density at radius 3 is 2.50 bits per heavy atom. The van der Waals surface area contributed by atoms with Crippen molar-refractivity contribution in [2.45, 2.75) is 30.7 Å². The van der Waals surface area contributed by atoms with Crippen molar-refractivity contribution in [3.8, 4) is 5.75 Å². The van der Waals surface area contributed by atoms with Crippen LogP contribution >= 0.6 is 0 Å². The molecule has 0 radical (unpaired) electrons. The number of sulfonamides is 1. The first-order chi connectivity index (χ1) is 11.3. The molecule has 134 valence electrons. The summed E-state index contributed by atoms with van der Waals surface area (Å²) in [5.74, 6) is -0.248. The molecule has 0 bridgehead atoms. The van der Waals surface area contributed by atoms with E-state index in [0.717, 1.165) is 0 Å². The first-order valence-corrected chi connectivity index (χ1v) is 9.26. The SMILES string of the molecule is COc1ccc(S(=O)(=O)N2CCC(N(C)CC(=O)O)CC2)c(C)c1. The van der Waals surface area contributed by atoms with E-state index in [4.69, 9.17) is 9.84 Å². The third-order valence-corrected chi connectivity index (χ3v) is 6.49. The van der Waals surface area contributed by atoms with Crippen LogP contribution in [0.4, 0.5) is 0 Å². The summed E-state index contributed by atoms with van der Waals surface area (Å²) in [6.07, 6.45) is 1.25. The van der Waals surface area contributed by atoms with E-state index in [1.165, 1.54) is 4.31 Å². The Hall–Kier alpha value is -1.64. The number of benzene rings is 1. The monoisotopic (exact) mass is 356 g/mol. The van der Waals surface area contributed by atoms with Crippen LogP contribution < -0.4 is 4.74 Å². The molecule has 24 heavy (non-hydrogen) atoms. The third-order valence-electron chi connectivity index (χ3n) is 4.43. The molecule has 1 saturated heterocycles. The van der Waals surface area contributed by atoms with Crippen LogP contribution in [0, 0.1) is 6.92 Å². The normalized spacial score (nSPS) is 17.2. The van der Waals surface area contributed by atoms with Gasteiger partial charge in [-0.2, -0.15) is 4.31 Å². The molecular formula is C16H24N2O5S. The van der Waals surface area contributed by atoms with Crippen molar-refractivity contribution in [1.82, 2.24) is 9.21 Å². The fourth-order valence-corrected chi connectivity index (χ4v) is 4.72. The van der Waals surface area contributed by atoms with Gasteiger partial charge in [-0.1, -0.05) is 0 Å². The van der Waals surface area contributed by atoms with E-state index in [9.17, 15) is 13.2 Å². The van der Waals surface area contributed by atoms with Crippen LogP contribution in [-0.2, 0) is 14.8 Å². The number of likely N-dealkylation sites (N-methyl/N-ethyl adjacent to an activating group) is 1. The summed E-state index contributed by atoms with van der Waals surface area (Å²) < 4.78 is 32.3. The smallest absolute Gasteiger partial charge is 0.317 e. The predicted octanol–water partition coefficient (Wildman–Crippen LogP) is 1.17. The number of hydrogen-bond acceptors (Lipinski definition) is 5. The summed E-state index contributed by atoms with van der Waals surface area (Å²) in [6.45, 7) is 2.50. The van der Waals surface area contributed by atoms with E-state index in [1.807, 2.05) is 0 Å². The van der Waals surface area contributed by atoms with E-state index >= 15 is 0 Å². The first kappa shape index (κ1) is 18.7. The number of aryl methyl sites for hydroxylation is 1. The maximum absolute atomic E-state index is 12.8. The van der Waals surface area contributed by atoms with Gasteiger partial charge in [-0.25, -0.2) is 8.42 Å². The number of hydrogen-bond donors (Lipinski definition) is 1. The van der Waals surface area contributed by atoms with Gasteiger partial charge >= 0.3 is 5.97 Å². The Labute approximate surface area is 142 Å². The lowest BCUT2D eigenvalue weighted by molar-refractivity contribution is -0.138. The molecule has 2 rings (SSSR count). The highest BCUT2D eigenvalue weighted by Gasteiger charge is 2.32. The van der Waals surface area contributed by atoms with Crippen molar-refractivity contribution >= 4 is 16.0 Å². The van der Waals surface area contributed by atoms with Crippen molar-refractivity contribution in [2.75, 3.05) is 33.8 Å². The zero-order valence-corrected chi connectivity index (χ0v) is 15.0. The molecular weight excluding hydrogens is 332 g/mol. The van der Waals surface area contributed by atoms with Crippen LogP contribution in [0.1, 0.15) is 18.4 Å². The van der Waals surface area contributed by atoms with Crippen LogP contribution in [0.2, 0.25) is 0 Å². The fraction of sp³-hybridized carbons (Fsp3) is 0.562. The minimum atomic E-state index is -3.55. The molecule has 0 saturated carbocycles. The predicted molar refractivity (Wildman–Crippen MR) is 89.8 cm³/mol. The number of carboxylic acid groups (broad SMARTS) is 1. The van der Waals surface area contributed by atoms with Crippen molar-refractivity contribution in [1.29, 1.82) is 0 Å². The molecule has 0 aliphatic carbocycles. The van der Waals surface area contributed by atoms with Gasteiger partial charge in [-0.3, -0.25) is 9.69 Å². The van der Waals surface area contributed by atoms with Gasteiger partial charge in [0.1, 0.15) is 5.75 Å². The Bertz CT molecular complexity index is 696. The lowest BCUT2D eigenvalue weighted by Crippen LogP contribution is -2.46. The molecule has 0 spiro atoms. The number of carbonyl (C=O) groups is 1. The molecule has 7 nitrogen and oxygen atoms in total. The molecule has 0 atom stereocenters. The average molecular weight is 356 g/mol. The number of rotatable bonds is 6. The van der Waals surface area contributed by atoms with Crippen LogP contribution in [0.15, 0.2) is 23.1 Å². The molecule has 1 N–H and O–H groups in total. The summed E-state index contributed by atoms with van der Waals surface area (Å²) in [7, 11) is -0.243. The Morgan fingerprint density at radius 2 is 2.00 bits per heavy atom. The second-order valence-corrected chi connectivity index (χ2v) is 7.98. The van der Waals surface area contributed by atoms with Gasteiger partial charge < -0.3 is 9.84 Å². The Balaban J connectivity index is 2.09. The number of piperidine rings is 1. The quantitative estimate of drug-likeness (QED) is 0.823. The van der Waals surface area contributed by atoms with Crippen LogP contribution in [0.3, 0.4) is 0 Å². The largest absolute Gasteiger partial charge is 0.497 e. The molecule has 0 aromatic heterocycles. The minimum absolute atomic E-state index is 0.0327. The summed E-state index contributed by atoms with van der Waals surface area (Å²) in [6, 6.07) is 5.02.